The highest BCUT2D eigenvalue weighted by molar-refractivity contribution is 7.61. The molecule has 0 saturated carbocycles. The molecule has 20 nitrogen and oxygen atoms in total. The fourth-order valence-corrected chi connectivity index (χ4v) is 9.62. The van der Waals surface area contributed by atoms with Crippen LogP contribution in [0, 0.1) is 0 Å². The quantitative estimate of drug-likeness (QED) is 0.0139. The number of hydrogen-bond donors (Lipinski definition) is 7. The van der Waals surface area contributed by atoms with Crippen molar-refractivity contribution in [1.29, 1.82) is 0 Å². The summed E-state index contributed by atoms with van der Waals surface area (Å²) in [7, 11) is -11.0. The van der Waals surface area contributed by atoms with E-state index in [-0.39, 0.29) is 37.9 Å². The second-order valence-corrected chi connectivity index (χ2v) is 21.4. The Balaban J connectivity index is 1.86. The minimum atomic E-state index is -5.50. The Morgan fingerprint density at radius 2 is 1.23 bits per heavy atom. The van der Waals surface area contributed by atoms with E-state index in [1.165, 1.54) is 44.6 Å². The second-order valence-electron chi connectivity index (χ2n) is 18.3. The molecule has 74 heavy (non-hydrogen) atoms. The van der Waals surface area contributed by atoms with Gasteiger partial charge in [-0.05, 0) is 89.5 Å². The molecule has 1 aliphatic heterocycles. The van der Waals surface area contributed by atoms with Gasteiger partial charge in [-0.15, -0.1) is 0 Å². The minimum absolute atomic E-state index is 0.0323. The number of phosphoric acid groups is 2. The molecule has 8 N–H and O–H groups in total. The van der Waals surface area contributed by atoms with E-state index in [1.807, 2.05) is 12.2 Å². The van der Waals surface area contributed by atoms with Crippen molar-refractivity contribution in [3.05, 3.63) is 83.5 Å². The average Bonchev–Trinajstić information content (AvgIpc) is 3.63. The topological polar surface area (TPSA) is 306 Å². The number of aromatic nitrogens is 2. The lowest BCUT2D eigenvalue weighted by Gasteiger charge is -2.22. The number of aliphatic hydroxyl groups is 4. The van der Waals surface area contributed by atoms with Crippen LogP contribution in [0.2, 0.25) is 0 Å². The van der Waals surface area contributed by atoms with Gasteiger partial charge in [0.05, 0.1) is 25.4 Å². The van der Waals surface area contributed by atoms with Crippen LogP contribution in [0.1, 0.15) is 174 Å². The van der Waals surface area contributed by atoms with Crippen LogP contribution in [0.3, 0.4) is 0 Å². The number of nitrogen functional groups attached to an aromatic ring is 1. The van der Waals surface area contributed by atoms with E-state index in [2.05, 4.69) is 65.7 Å². The molecule has 1 saturated heterocycles. The lowest BCUT2D eigenvalue weighted by molar-refractivity contribution is -0.161. The van der Waals surface area contributed by atoms with Gasteiger partial charge in [-0.3, -0.25) is 23.2 Å². The lowest BCUT2D eigenvalue weighted by Crippen LogP contribution is -2.36. The number of anilines is 1. The van der Waals surface area contributed by atoms with E-state index >= 15 is 0 Å². The van der Waals surface area contributed by atoms with Gasteiger partial charge in [-0.25, -0.2) is 13.9 Å². The van der Waals surface area contributed by atoms with Crippen molar-refractivity contribution in [2.45, 2.75) is 211 Å². The first-order chi connectivity index (χ1) is 35.5. The molecule has 9 atom stereocenters. The van der Waals surface area contributed by atoms with Crippen molar-refractivity contribution in [2.24, 2.45) is 0 Å². The maximum absolute atomic E-state index is 12.9. The highest BCUT2D eigenvalue weighted by atomic mass is 31.3. The molecule has 2 heterocycles. The zero-order valence-electron chi connectivity index (χ0n) is 43.6. The zero-order valence-corrected chi connectivity index (χ0v) is 45.4. The van der Waals surface area contributed by atoms with E-state index in [0.717, 1.165) is 81.4 Å². The largest absolute Gasteiger partial charge is 0.481 e. The standard InChI is InChI=1S/C52H87N3O17P2/c1-3-5-7-9-11-13-15-17-18-19-20-21-23-25-27-29-31-35-47(58)67-39-42(70-48(59)36-32-34-44(57)43(56)33-30-28-26-24-22-16-14-12-10-8-6-4-2)40-68-73(63,64)72-74(65,66)69-41-45-49(60)50(61)51(71-45)55-38-37-46(53)54-52(55)62/h11-14,17-18,22,24,28,30,37-38,42-45,49-51,56-57,60-61H,3-10,15-16,19-21,23,25-27,29,31-36,39-41H2,1-2H3,(H,63,64)(H,65,66)(H2,53,54,62)/b13-11-,14-12-,18-17-,24-22-,30-28-/t42-,43?,44?,45-,49-,50-,51-/m1/s1. The van der Waals surface area contributed by atoms with Gasteiger partial charge in [-0.2, -0.15) is 9.29 Å². The van der Waals surface area contributed by atoms with E-state index in [9.17, 15) is 53.7 Å². The van der Waals surface area contributed by atoms with Crippen molar-refractivity contribution >= 4 is 33.4 Å². The third-order valence-electron chi connectivity index (χ3n) is 11.8. The average molecular weight is 1090 g/mol. The van der Waals surface area contributed by atoms with Crippen molar-refractivity contribution in [1.82, 2.24) is 9.55 Å². The third kappa shape index (κ3) is 31.4. The number of hydrogen-bond acceptors (Lipinski definition) is 17. The first kappa shape index (κ1) is 66.5. The van der Waals surface area contributed by atoms with Crippen LogP contribution in [0.15, 0.2) is 77.8 Å². The molecular formula is C52H87N3O17P2. The molecule has 2 rings (SSSR count). The molecule has 1 fully saturated rings. The minimum Gasteiger partial charge on any atom is -0.462 e. The van der Waals surface area contributed by atoms with Crippen molar-refractivity contribution < 1.29 is 76.5 Å². The number of allylic oxidation sites excluding steroid dienone is 9. The molecule has 1 aromatic rings. The molecular weight excluding hydrogens is 1000 g/mol. The molecule has 0 bridgehead atoms. The Kier molecular flexibility index (Phi) is 35.7. The number of rotatable bonds is 43. The van der Waals surface area contributed by atoms with Crippen LogP contribution < -0.4 is 11.4 Å². The summed E-state index contributed by atoms with van der Waals surface area (Å²) in [6.07, 6.45) is 31.6. The van der Waals surface area contributed by atoms with Crippen LogP contribution >= 0.6 is 15.6 Å². The Bertz CT molecular complexity index is 2010. The van der Waals surface area contributed by atoms with E-state index in [1.54, 1.807) is 6.08 Å². The van der Waals surface area contributed by atoms with Crippen LogP contribution in [0.4, 0.5) is 5.82 Å². The lowest BCUT2D eigenvalue weighted by atomic mass is 10.0. The highest BCUT2D eigenvalue weighted by Gasteiger charge is 2.46. The molecule has 1 aliphatic rings. The highest BCUT2D eigenvalue weighted by Crippen LogP contribution is 2.60. The molecule has 0 amide bonds. The maximum atomic E-state index is 12.9. The van der Waals surface area contributed by atoms with Gasteiger partial charge in [-0.1, -0.05) is 132 Å². The molecule has 1 aromatic heterocycles. The second kappa shape index (κ2) is 39.7. The van der Waals surface area contributed by atoms with Crippen LogP contribution in [0.25, 0.3) is 0 Å². The summed E-state index contributed by atoms with van der Waals surface area (Å²) in [5.41, 5.74) is 4.56. The normalized spacial score (nSPS) is 20.2. The van der Waals surface area contributed by atoms with Crippen molar-refractivity contribution in [3.8, 4) is 0 Å². The summed E-state index contributed by atoms with van der Waals surface area (Å²) >= 11 is 0. The molecule has 422 valence electrons. The van der Waals surface area contributed by atoms with E-state index in [0.29, 0.717) is 12.8 Å². The third-order valence-corrected chi connectivity index (χ3v) is 14.4. The van der Waals surface area contributed by atoms with Crippen LogP contribution in [-0.4, -0.2) is 108 Å². The summed E-state index contributed by atoms with van der Waals surface area (Å²) in [5, 5.41) is 41.9. The van der Waals surface area contributed by atoms with Crippen LogP contribution in [0.5, 0.6) is 0 Å². The fourth-order valence-electron chi connectivity index (χ4n) is 7.50. The van der Waals surface area contributed by atoms with Crippen LogP contribution in [-0.2, 0) is 46.3 Å². The number of esters is 2. The Morgan fingerprint density at radius 1 is 0.703 bits per heavy atom. The summed E-state index contributed by atoms with van der Waals surface area (Å²) in [6, 6.07) is 1.23. The Morgan fingerprint density at radius 3 is 1.82 bits per heavy atom. The van der Waals surface area contributed by atoms with Crippen molar-refractivity contribution in [2.75, 3.05) is 25.6 Å². The van der Waals surface area contributed by atoms with E-state index < -0.39 is 95.9 Å². The summed E-state index contributed by atoms with van der Waals surface area (Å²) in [4.78, 5) is 62.0. The molecule has 0 aliphatic carbocycles. The monoisotopic (exact) mass is 1090 g/mol. The predicted molar refractivity (Wildman–Crippen MR) is 282 cm³/mol. The number of aliphatic hydroxyl groups excluding tert-OH is 4. The zero-order chi connectivity index (χ0) is 54.5. The number of phosphoric ester groups is 2. The summed E-state index contributed by atoms with van der Waals surface area (Å²) < 4.78 is 56.6. The summed E-state index contributed by atoms with van der Waals surface area (Å²) in [6.45, 7) is 1.82. The molecule has 0 aromatic carbocycles. The fraction of sp³-hybridized carbons (Fsp3) is 0.692. The number of carbonyl (C=O) groups is 2. The number of nitrogens with zero attached hydrogens (tertiary/aromatic N) is 2. The number of unbranched alkanes of at least 4 members (excludes halogenated alkanes) is 13. The van der Waals surface area contributed by atoms with Gasteiger partial charge in [0.15, 0.2) is 12.3 Å². The molecule has 0 spiro atoms. The molecule has 0 radical (unpaired) electrons. The Labute approximate surface area is 438 Å². The number of nitrogens with two attached hydrogens (primary N) is 1. The van der Waals surface area contributed by atoms with E-state index in [4.69, 9.17) is 29.0 Å². The van der Waals surface area contributed by atoms with Gasteiger partial charge in [0.25, 0.3) is 0 Å². The van der Waals surface area contributed by atoms with Crippen molar-refractivity contribution in [3.63, 3.8) is 0 Å². The van der Waals surface area contributed by atoms with Gasteiger partial charge >= 0.3 is 33.3 Å². The predicted octanol–water partition coefficient (Wildman–Crippen LogP) is 9.06. The summed E-state index contributed by atoms with van der Waals surface area (Å²) in [5.74, 6) is -1.61. The number of ether oxygens (including phenoxy) is 3. The molecule has 4 unspecified atom stereocenters. The Hall–Kier alpha value is -3.62. The van der Waals surface area contributed by atoms with Gasteiger partial charge in [0.1, 0.15) is 30.7 Å². The smallest absolute Gasteiger partial charge is 0.462 e. The first-order valence-electron chi connectivity index (χ1n) is 26.5. The number of carbonyl (C=O) groups excluding carboxylic acids is 2. The van der Waals surface area contributed by atoms with Gasteiger partial charge in [0, 0.05) is 19.0 Å². The van der Waals surface area contributed by atoms with Gasteiger partial charge in [0.2, 0.25) is 0 Å². The maximum Gasteiger partial charge on any atom is 0.481 e. The SMILES string of the molecule is CCCCC/C=C\C/C=C\C/C=C\CC(O)C(O)CCCC(=O)O[C@H](COC(=O)CCCCCCCCC/C=C\C/C=C\CCCCC)COP(=O)(O)OP(=O)(O)OC[C@H]1O[C@@H](n2ccc(N)nc2=O)[C@H](O)[C@@H]1O. The first-order valence-corrected chi connectivity index (χ1v) is 29.5. The van der Waals surface area contributed by atoms with Gasteiger partial charge < -0.3 is 50.2 Å². The molecule has 22 heteroatoms.